The SMILES string of the molecule is Cc1c(C(O)c2ccc(C(C)(C)C)cc2)c(C2CCCC2)nc2c1[C@@H](O)CC(C)(C)C2. The largest absolute Gasteiger partial charge is 0.388 e. The molecule has 2 aromatic rings. The number of aliphatic hydroxyl groups is 2. The Hall–Kier alpha value is -1.71. The van der Waals surface area contributed by atoms with Crippen molar-refractivity contribution in [1.29, 1.82) is 0 Å². The van der Waals surface area contributed by atoms with E-state index in [2.05, 4.69) is 65.8 Å². The molecule has 2 N–H and O–H groups in total. The normalized spacial score (nSPS) is 22.4. The minimum Gasteiger partial charge on any atom is -0.388 e. The molecule has 0 bridgehead atoms. The minimum atomic E-state index is -0.718. The molecule has 1 heterocycles. The minimum absolute atomic E-state index is 0.0434. The lowest BCUT2D eigenvalue weighted by atomic mass is 9.72. The predicted molar refractivity (Wildman–Crippen MR) is 126 cm³/mol. The van der Waals surface area contributed by atoms with Crippen LogP contribution in [0.25, 0.3) is 0 Å². The van der Waals surface area contributed by atoms with Crippen LogP contribution in [0, 0.1) is 12.3 Å². The van der Waals surface area contributed by atoms with Gasteiger partial charge in [-0.25, -0.2) is 0 Å². The van der Waals surface area contributed by atoms with E-state index in [1.165, 1.54) is 18.4 Å². The molecular formula is C28H39NO2. The molecule has 31 heavy (non-hydrogen) atoms. The molecular weight excluding hydrogens is 382 g/mol. The fraction of sp³-hybridized carbons (Fsp3) is 0.607. The smallest absolute Gasteiger partial charge is 0.106 e. The summed E-state index contributed by atoms with van der Waals surface area (Å²) in [5, 5.41) is 22.6. The van der Waals surface area contributed by atoms with Crippen LogP contribution in [0.15, 0.2) is 24.3 Å². The Labute approximate surface area is 187 Å². The highest BCUT2D eigenvalue weighted by Gasteiger charge is 2.37. The summed E-state index contributed by atoms with van der Waals surface area (Å²) < 4.78 is 0. The van der Waals surface area contributed by atoms with E-state index in [1.807, 2.05) is 0 Å². The molecule has 0 aliphatic heterocycles. The van der Waals surface area contributed by atoms with Gasteiger partial charge in [0.1, 0.15) is 6.10 Å². The number of nitrogens with zero attached hydrogens (tertiary/aromatic N) is 1. The average Bonchev–Trinajstić information content (AvgIpc) is 3.20. The molecule has 168 valence electrons. The van der Waals surface area contributed by atoms with E-state index in [1.54, 1.807) is 0 Å². The van der Waals surface area contributed by atoms with Gasteiger partial charge in [-0.1, -0.05) is 71.7 Å². The van der Waals surface area contributed by atoms with Gasteiger partial charge >= 0.3 is 0 Å². The standard InChI is InChI=1S/C28H39NO2/c1-17-23-21(15-28(5,6)16-22(23)30)29-25(18-9-7-8-10-18)24(17)26(31)19-11-13-20(14-12-19)27(2,3)4/h11-14,18,22,26,30-31H,7-10,15-16H2,1-6H3/t22-,26?/m0/s1. The predicted octanol–water partition coefficient (Wildman–Crippen LogP) is 6.43. The molecule has 4 rings (SSSR count). The molecule has 0 spiro atoms. The summed E-state index contributed by atoms with van der Waals surface area (Å²) in [5.74, 6) is 0.407. The van der Waals surface area contributed by atoms with Gasteiger partial charge in [-0.15, -0.1) is 0 Å². The van der Waals surface area contributed by atoms with Gasteiger partial charge in [0.25, 0.3) is 0 Å². The van der Waals surface area contributed by atoms with Gasteiger partial charge < -0.3 is 10.2 Å². The summed E-state index contributed by atoms with van der Waals surface area (Å²) in [7, 11) is 0. The maximum absolute atomic E-state index is 11.6. The third-order valence-electron chi connectivity index (χ3n) is 7.48. The zero-order valence-electron chi connectivity index (χ0n) is 20.1. The Balaban J connectivity index is 1.83. The van der Waals surface area contributed by atoms with Crippen molar-refractivity contribution in [2.24, 2.45) is 5.41 Å². The van der Waals surface area contributed by atoms with E-state index in [4.69, 9.17) is 4.98 Å². The van der Waals surface area contributed by atoms with Crippen molar-refractivity contribution >= 4 is 0 Å². The fourth-order valence-electron chi connectivity index (χ4n) is 5.74. The molecule has 2 aliphatic rings. The first-order chi connectivity index (χ1) is 14.5. The molecule has 1 saturated carbocycles. The third kappa shape index (κ3) is 4.32. The maximum atomic E-state index is 11.6. The van der Waals surface area contributed by atoms with Gasteiger partial charge in [-0.05, 0) is 60.1 Å². The van der Waals surface area contributed by atoms with Gasteiger partial charge in [0, 0.05) is 22.7 Å². The summed E-state index contributed by atoms with van der Waals surface area (Å²) in [5.41, 5.74) is 7.35. The molecule has 2 aliphatic carbocycles. The Kier molecular flexibility index (Phi) is 5.81. The first kappa shape index (κ1) is 22.5. The van der Waals surface area contributed by atoms with Crippen molar-refractivity contribution in [1.82, 2.24) is 4.98 Å². The van der Waals surface area contributed by atoms with Crippen LogP contribution in [0.2, 0.25) is 0 Å². The summed E-state index contributed by atoms with van der Waals surface area (Å²) in [6.07, 6.45) is 5.12. The first-order valence-electron chi connectivity index (χ1n) is 12.0. The molecule has 2 atom stereocenters. The van der Waals surface area contributed by atoms with Crippen LogP contribution >= 0.6 is 0 Å². The number of benzene rings is 1. The lowest BCUT2D eigenvalue weighted by molar-refractivity contribution is 0.0968. The van der Waals surface area contributed by atoms with Crippen molar-refractivity contribution in [2.45, 2.75) is 104 Å². The molecule has 3 nitrogen and oxygen atoms in total. The van der Waals surface area contributed by atoms with E-state index in [0.29, 0.717) is 5.92 Å². The second-order valence-corrected chi connectivity index (χ2v) is 11.7. The molecule has 0 radical (unpaired) electrons. The van der Waals surface area contributed by atoms with Crippen LogP contribution < -0.4 is 0 Å². The lowest BCUT2D eigenvalue weighted by Gasteiger charge is -2.37. The molecule has 3 heteroatoms. The Morgan fingerprint density at radius 3 is 2.26 bits per heavy atom. The summed E-state index contributed by atoms with van der Waals surface area (Å²) in [6.45, 7) is 13.1. The molecule has 1 aromatic carbocycles. The van der Waals surface area contributed by atoms with E-state index in [9.17, 15) is 10.2 Å². The topological polar surface area (TPSA) is 53.4 Å². The second kappa shape index (κ2) is 8.01. The first-order valence-corrected chi connectivity index (χ1v) is 12.0. The average molecular weight is 422 g/mol. The van der Waals surface area contributed by atoms with Crippen molar-refractivity contribution in [3.8, 4) is 0 Å². The van der Waals surface area contributed by atoms with Crippen LogP contribution in [0.3, 0.4) is 0 Å². The fourth-order valence-corrected chi connectivity index (χ4v) is 5.74. The molecule has 1 unspecified atom stereocenters. The van der Waals surface area contributed by atoms with Crippen LogP contribution in [0.4, 0.5) is 0 Å². The van der Waals surface area contributed by atoms with Gasteiger partial charge in [0.05, 0.1) is 11.8 Å². The Morgan fingerprint density at radius 1 is 1.06 bits per heavy atom. The Bertz CT molecular complexity index is 946. The van der Waals surface area contributed by atoms with Gasteiger partial charge in [0.2, 0.25) is 0 Å². The molecule has 1 aromatic heterocycles. The number of hydrogen-bond donors (Lipinski definition) is 2. The Morgan fingerprint density at radius 2 is 1.68 bits per heavy atom. The number of hydrogen-bond acceptors (Lipinski definition) is 3. The van der Waals surface area contributed by atoms with E-state index >= 15 is 0 Å². The summed E-state index contributed by atoms with van der Waals surface area (Å²) in [6, 6.07) is 8.38. The number of aromatic nitrogens is 1. The molecule has 0 amide bonds. The van der Waals surface area contributed by atoms with Crippen LogP contribution in [-0.4, -0.2) is 15.2 Å². The summed E-state index contributed by atoms with van der Waals surface area (Å²) >= 11 is 0. The zero-order valence-corrected chi connectivity index (χ0v) is 20.1. The van der Waals surface area contributed by atoms with Crippen molar-refractivity contribution in [3.63, 3.8) is 0 Å². The van der Waals surface area contributed by atoms with Crippen LogP contribution in [-0.2, 0) is 11.8 Å². The van der Waals surface area contributed by atoms with Crippen molar-refractivity contribution < 1.29 is 10.2 Å². The van der Waals surface area contributed by atoms with E-state index in [0.717, 1.165) is 59.3 Å². The number of aliphatic hydroxyl groups excluding tert-OH is 2. The van der Waals surface area contributed by atoms with Crippen LogP contribution in [0.1, 0.15) is 124 Å². The monoisotopic (exact) mass is 421 g/mol. The number of pyridine rings is 1. The van der Waals surface area contributed by atoms with Gasteiger partial charge in [-0.3, -0.25) is 4.98 Å². The zero-order chi connectivity index (χ0) is 22.6. The quantitative estimate of drug-likeness (QED) is 0.600. The highest BCUT2D eigenvalue weighted by atomic mass is 16.3. The van der Waals surface area contributed by atoms with Crippen molar-refractivity contribution in [2.75, 3.05) is 0 Å². The lowest BCUT2D eigenvalue weighted by Crippen LogP contribution is -2.29. The molecule has 0 saturated heterocycles. The second-order valence-electron chi connectivity index (χ2n) is 11.7. The van der Waals surface area contributed by atoms with Crippen molar-refractivity contribution in [3.05, 3.63) is 63.5 Å². The summed E-state index contributed by atoms with van der Waals surface area (Å²) in [4.78, 5) is 5.19. The third-order valence-corrected chi connectivity index (χ3v) is 7.48. The van der Waals surface area contributed by atoms with E-state index in [-0.39, 0.29) is 10.8 Å². The van der Waals surface area contributed by atoms with Crippen LogP contribution in [0.5, 0.6) is 0 Å². The van der Waals surface area contributed by atoms with Gasteiger partial charge in [-0.2, -0.15) is 0 Å². The van der Waals surface area contributed by atoms with E-state index < -0.39 is 12.2 Å². The number of rotatable bonds is 3. The molecule has 1 fully saturated rings. The highest BCUT2D eigenvalue weighted by Crippen LogP contribution is 2.46. The van der Waals surface area contributed by atoms with Gasteiger partial charge in [0.15, 0.2) is 0 Å². The highest BCUT2D eigenvalue weighted by molar-refractivity contribution is 5.48. The maximum Gasteiger partial charge on any atom is 0.106 e. The number of fused-ring (bicyclic) bond motifs is 1.